The highest BCUT2D eigenvalue weighted by Crippen LogP contribution is 2.23. The number of Topliss-reactive ketones (excluding diaryl/α,β-unsaturated/α-hetero) is 1. The maximum Gasteiger partial charge on any atom is 0.259 e. The number of halogens is 1. The molecule has 1 amide bonds. The third kappa shape index (κ3) is 2.24. The van der Waals surface area contributed by atoms with Crippen molar-refractivity contribution in [1.29, 1.82) is 0 Å². The Morgan fingerprint density at radius 2 is 2.11 bits per heavy atom. The van der Waals surface area contributed by atoms with Crippen LogP contribution in [0.2, 0.25) is 5.02 Å². The predicted octanol–water partition coefficient (Wildman–Crippen LogP) is 1.78. The second kappa shape index (κ2) is 4.82. The van der Waals surface area contributed by atoms with Crippen molar-refractivity contribution in [1.82, 2.24) is 5.32 Å². The smallest absolute Gasteiger partial charge is 0.259 e. The van der Waals surface area contributed by atoms with Crippen LogP contribution in [-0.4, -0.2) is 22.8 Å². The maximum atomic E-state index is 11.5. The Kier molecular flexibility index (Phi) is 3.39. The zero-order valence-corrected chi connectivity index (χ0v) is 10.5. The predicted molar refractivity (Wildman–Crippen MR) is 67.4 cm³/mol. The van der Waals surface area contributed by atoms with E-state index in [9.17, 15) is 14.7 Å². The van der Waals surface area contributed by atoms with E-state index in [0.29, 0.717) is 11.4 Å². The summed E-state index contributed by atoms with van der Waals surface area (Å²) in [5, 5.41) is 13.0. The third-order valence-corrected chi connectivity index (χ3v) is 3.22. The fourth-order valence-electron chi connectivity index (χ4n) is 1.96. The van der Waals surface area contributed by atoms with E-state index in [1.165, 1.54) is 6.92 Å². The van der Waals surface area contributed by atoms with Crippen LogP contribution in [0.15, 0.2) is 35.6 Å². The van der Waals surface area contributed by atoms with Crippen LogP contribution in [-0.2, 0) is 16.0 Å². The Balaban J connectivity index is 2.25. The number of aliphatic hydroxyl groups is 1. The summed E-state index contributed by atoms with van der Waals surface area (Å²) < 4.78 is 0. The molecule has 0 bridgehead atoms. The molecule has 0 saturated carbocycles. The highest BCUT2D eigenvalue weighted by molar-refractivity contribution is 6.31. The molecule has 0 aliphatic carbocycles. The SMILES string of the molecule is CC(=O)C1=C(O)C(Cc2ccccc2Cl)NC1=O. The maximum absolute atomic E-state index is 11.5. The van der Waals surface area contributed by atoms with E-state index in [2.05, 4.69) is 5.32 Å². The second-order valence-corrected chi connectivity index (χ2v) is 4.55. The minimum Gasteiger partial charge on any atom is -0.509 e. The molecule has 94 valence electrons. The lowest BCUT2D eigenvalue weighted by atomic mass is 10.0. The van der Waals surface area contributed by atoms with Gasteiger partial charge in [0.25, 0.3) is 5.91 Å². The molecular weight excluding hydrogens is 254 g/mol. The normalized spacial score (nSPS) is 19.0. The quantitative estimate of drug-likeness (QED) is 0.819. The molecule has 2 N–H and O–H groups in total. The first-order valence-corrected chi connectivity index (χ1v) is 5.87. The molecule has 1 aliphatic heterocycles. The molecular formula is C13H12ClNO3. The summed E-state index contributed by atoms with van der Waals surface area (Å²) in [7, 11) is 0. The molecule has 0 spiro atoms. The molecule has 1 atom stereocenters. The Morgan fingerprint density at radius 3 is 2.67 bits per heavy atom. The Labute approximate surface area is 109 Å². The lowest BCUT2D eigenvalue weighted by Gasteiger charge is -2.12. The number of benzene rings is 1. The molecule has 0 saturated heterocycles. The first kappa shape index (κ1) is 12.6. The first-order chi connectivity index (χ1) is 8.50. The molecule has 0 fully saturated rings. The summed E-state index contributed by atoms with van der Waals surface area (Å²) in [4.78, 5) is 22.8. The summed E-state index contributed by atoms with van der Waals surface area (Å²) >= 11 is 6.01. The lowest BCUT2D eigenvalue weighted by Crippen LogP contribution is -2.31. The largest absolute Gasteiger partial charge is 0.509 e. The Hall–Kier alpha value is -1.81. The fraction of sp³-hybridized carbons (Fsp3) is 0.231. The van der Waals surface area contributed by atoms with Gasteiger partial charge in [-0.1, -0.05) is 29.8 Å². The van der Waals surface area contributed by atoms with Gasteiger partial charge in [-0.05, 0) is 18.6 Å². The van der Waals surface area contributed by atoms with Crippen molar-refractivity contribution in [3.8, 4) is 0 Å². The number of carbonyl (C=O) groups is 2. The number of amides is 1. The molecule has 18 heavy (non-hydrogen) atoms. The van der Waals surface area contributed by atoms with Crippen LogP contribution in [0.4, 0.5) is 0 Å². The summed E-state index contributed by atoms with van der Waals surface area (Å²) in [6.45, 7) is 1.25. The van der Waals surface area contributed by atoms with Crippen molar-refractivity contribution in [2.24, 2.45) is 0 Å². The lowest BCUT2D eigenvalue weighted by molar-refractivity contribution is -0.121. The third-order valence-electron chi connectivity index (χ3n) is 2.85. The van der Waals surface area contributed by atoms with Crippen LogP contribution in [0.25, 0.3) is 0 Å². The zero-order valence-electron chi connectivity index (χ0n) is 9.74. The topological polar surface area (TPSA) is 66.4 Å². The molecule has 1 unspecified atom stereocenters. The fourth-order valence-corrected chi connectivity index (χ4v) is 2.17. The molecule has 4 nitrogen and oxygen atoms in total. The van der Waals surface area contributed by atoms with Crippen molar-refractivity contribution >= 4 is 23.3 Å². The van der Waals surface area contributed by atoms with Gasteiger partial charge < -0.3 is 10.4 Å². The molecule has 5 heteroatoms. The van der Waals surface area contributed by atoms with E-state index in [1.807, 2.05) is 12.1 Å². The van der Waals surface area contributed by atoms with Crippen molar-refractivity contribution in [3.05, 3.63) is 46.2 Å². The Bertz CT molecular complexity index is 551. The van der Waals surface area contributed by atoms with Crippen LogP contribution < -0.4 is 5.32 Å². The average molecular weight is 266 g/mol. The van der Waals surface area contributed by atoms with Crippen molar-refractivity contribution in [2.75, 3.05) is 0 Å². The van der Waals surface area contributed by atoms with Gasteiger partial charge in [0.05, 0.1) is 6.04 Å². The van der Waals surface area contributed by atoms with Gasteiger partial charge in [-0.25, -0.2) is 0 Å². The minimum atomic E-state index is -0.587. The zero-order chi connectivity index (χ0) is 13.3. The molecule has 1 aliphatic rings. The van der Waals surface area contributed by atoms with Gasteiger partial charge in [0.15, 0.2) is 5.78 Å². The first-order valence-electron chi connectivity index (χ1n) is 5.49. The number of aliphatic hydroxyl groups excluding tert-OH is 1. The van der Waals surface area contributed by atoms with Crippen LogP contribution >= 0.6 is 11.6 Å². The molecule has 0 radical (unpaired) electrons. The van der Waals surface area contributed by atoms with Crippen LogP contribution in [0.5, 0.6) is 0 Å². The van der Waals surface area contributed by atoms with Gasteiger partial charge in [0.1, 0.15) is 11.3 Å². The van der Waals surface area contributed by atoms with Crippen LogP contribution in [0, 0.1) is 0 Å². The summed E-state index contributed by atoms with van der Waals surface area (Å²) in [6, 6.07) is 6.59. The average Bonchev–Trinajstić information content (AvgIpc) is 2.57. The number of nitrogens with one attached hydrogen (secondary N) is 1. The standard InChI is InChI=1S/C13H12ClNO3/c1-7(16)11-12(17)10(15-13(11)18)6-8-4-2-3-5-9(8)14/h2-5,10,17H,6H2,1H3,(H,15,18). The van der Waals surface area contributed by atoms with Crippen molar-refractivity contribution < 1.29 is 14.7 Å². The highest BCUT2D eigenvalue weighted by Gasteiger charge is 2.34. The van der Waals surface area contributed by atoms with Crippen molar-refractivity contribution in [2.45, 2.75) is 19.4 Å². The van der Waals surface area contributed by atoms with Crippen molar-refractivity contribution in [3.63, 3.8) is 0 Å². The number of carbonyl (C=O) groups excluding carboxylic acids is 2. The van der Waals surface area contributed by atoms with E-state index < -0.39 is 17.7 Å². The van der Waals surface area contributed by atoms with E-state index in [-0.39, 0.29) is 11.3 Å². The van der Waals surface area contributed by atoms with E-state index >= 15 is 0 Å². The second-order valence-electron chi connectivity index (χ2n) is 4.14. The van der Waals surface area contributed by atoms with E-state index in [1.54, 1.807) is 12.1 Å². The molecule has 1 aromatic carbocycles. The number of hydrogen-bond donors (Lipinski definition) is 2. The molecule has 1 heterocycles. The summed E-state index contributed by atoms with van der Waals surface area (Å²) in [6.07, 6.45) is 0.355. The molecule has 1 aromatic rings. The van der Waals surface area contributed by atoms with Crippen LogP contribution in [0.3, 0.4) is 0 Å². The molecule has 2 rings (SSSR count). The number of ketones is 1. The monoisotopic (exact) mass is 265 g/mol. The van der Waals surface area contributed by atoms with Gasteiger partial charge in [-0.2, -0.15) is 0 Å². The van der Waals surface area contributed by atoms with E-state index in [4.69, 9.17) is 11.6 Å². The van der Waals surface area contributed by atoms with Gasteiger partial charge in [-0.15, -0.1) is 0 Å². The van der Waals surface area contributed by atoms with Crippen LogP contribution in [0.1, 0.15) is 12.5 Å². The van der Waals surface area contributed by atoms with Gasteiger partial charge >= 0.3 is 0 Å². The van der Waals surface area contributed by atoms with Gasteiger partial charge in [0.2, 0.25) is 0 Å². The summed E-state index contributed by atoms with van der Waals surface area (Å²) in [5.74, 6) is -1.17. The number of hydrogen-bond acceptors (Lipinski definition) is 3. The summed E-state index contributed by atoms with van der Waals surface area (Å²) in [5.41, 5.74) is 0.646. The van der Waals surface area contributed by atoms with Gasteiger partial charge in [-0.3, -0.25) is 9.59 Å². The molecule has 0 aromatic heterocycles. The van der Waals surface area contributed by atoms with E-state index in [0.717, 1.165) is 5.56 Å². The Morgan fingerprint density at radius 1 is 1.44 bits per heavy atom. The number of rotatable bonds is 3. The highest BCUT2D eigenvalue weighted by atomic mass is 35.5. The minimum absolute atomic E-state index is 0.160. The van der Waals surface area contributed by atoms with Gasteiger partial charge in [0, 0.05) is 11.4 Å².